The van der Waals surface area contributed by atoms with Gasteiger partial charge < -0.3 is 5.32 Å². The van der Waals surface area contributed by atoms with Gasteiger partial charge in [-0.1, -0.05) is 6.07 Å². The Morgan fingerprint density at radius 1 is 1.20 bits per heavy atom. The van der Waals surface area contributed by atoms with Crippen LogP contribution in [0.4, 0.5) is 5.69 Å². The van der Waals surface area contributed by atoms with Crippen LogP contribution in [0.3, 0.4) is 0 Å². The van der Waals surface area contributed by atoms with Gasteiger partial charge in [0.2, 0.25) is 0 Å². The molecule has 0 atom stereocenters. The minimum atomic E-state index is 0.795. The second-order valence-electron chi connectivity index (χ2n) is 4.51. The number of hydrogen-bond donors (Lipinski definition) is 1. The summed E-state index contributed by atoms with van der Waals surface area (Å²) < 4.78 is 1.88. The molecule has 0 aliphatic rings. The lowest BCUT2D eigenvalue weighted by Crippen LogP contribution is -2.00. The number of aryl methyl sites for hydroxylation is 2. The molecular weight excluding hydrogens is 270 g/mol. The molecule has 0 radical (unpaired) electrons. The van der Waals surface area contributed by atoms with E-state index in [1.54, 1.807) is 24.0 Å². The highest BCUT2D eigenvalue weighted by molar-refractivity contribution is 7.11. The number of aromatic nitrogens is 4. The maximum absolute atomic E-state index is 4.44. The molecule has 0 fully saturated rings. The second kappa shape index (κ2) is 5.42. The standard InChI is InChI=1S/C14H15N5S/c1-10-14(20-11(2)18-10)7-15-12-4-3-5-13(6-12)19-8-16-17-9-19/h3-6,8-9,15H,7H2,1-2H3. The number of thiazole rings is 1. The summed E-state index contributed by atoms with van der Waals surface area (Å²) in [6, 6.07) is 8.17. The van der Waals surface area contributed by atoms with Crippen LogP contribution in [-0.4, -0.2) is 19.7 Å². The van der Waals surface area contributed by atoms with Gasteiger partial charge in [-0.25, -0.2) is 4.98 Å². The van der Waals surface area contributed by atoms with Crippen LogP contribution < -0.4 is 5.32 Å². The molecule has 0 saturated heterocycles. The molecule has 1 N–H and O–H groups in total. The zero-order chi connectivity index (χ0) is 13.9. The molecule has 0 aliphatic carbocycles. The number of rotatable bonds is 4. The van der Waals surface area contributed by atoms with Crippen molar-refractivity contribution >= 4 is 17.0 Å². The summed E-state index contributed by atoms with van der Waals surface area (Å²) in [6.45, 7) is 4.88. The molecule has 20 heavy (non-hydrogen) atoms. The molecule has 3 aromatic rings. The Morgan fingerprint density at radius 2 is 2.00 bits per heavy atom. The van der Waals surface area contributed by atoms with Crippen molar-refractivity contribution in [3.8, 4) is 5.69 Å². The van der Waals surface area contributed by atoms with Gasteiger partial charge in [0.15, 0.2) is 0 Å². The molecule has 102 valence electrons. The number of nitrogens with one attached hydrogen (secondary N) is 1. The number of benzene rings is 1. The van der Waals surface area contributed by atoms with Gasteiger partial charge >= 0.3 is 0 Å². The van der Waals surface area contributed by atoms with Crippen molar-refractivity contribution in [2.75, 3.05) is 5.32 Å². The fraction of sp³-hybridized carbons (Fsp3) is 0.214. The maximum atomic E-state index is 4.44. The van der Waals surface area contributed by atoms with Crippen LogP contribution in [0.1, 0.15) is 15.6 Å². The summed E-state index contributed by atoms with van der Waals surface area (Å²) >= 11 is 1.74. The summed E-state index contributed by atoms with van der Waals surface area (Å²) in [5.41, 5.74) is 3.22. The van der Waals surface area contributed by atoms with Crippen molar-refractivity contribution < 1.29 is 0 Å². The molecule has 0 aliphatic heterocycles. The molecule has 0 amide bonds. The highest BCUT2D eigenvalue weighted by atomic mass is 32.1. The van der Waals surface area contributed by atoms with E-state index in [4.69, 9.17) is 0 Å². The third-order valence-corrected chi connectivity index (χ3v) is 4.09. The van der Waals surface area contributed by atoms with E-state index in [0.29, 0.717) is 0 Å². The number of hydrogen-bond acceptors (Lipinski definition) is 5. The highest BCUT2D eigenvalue weighted by Gasteiger charge is 2.05. The van der Waals surface area contributed by atoms with Gasteiger partial charge in [-0.15, -0.1) is 21.5 Å². The van der Waals surface area contributed by atoms with Crippen molar-refractivity contribution in [3.05, 3.63) is 52.5 Å². The first-order chi connectivity index (χ1) is 9.72. The summed E-state index contributed by atoms with van der Waals surface area (Å²) in [5.74, 6) is 0. The number of nitrogens with zero attached hydrogens (tertiary/aromatic N) is 4. The molecule has 0 bridgehead atoms. The minimum absolute atomic E-state index is 0.795. The Labute approximate surface area is 121 Å². The van der Waals surface area contributed by atoms with Crippen molar-refractivity contribution in [2.24, 2.45) is 0 Å². The molecule has 2 heterocycles. The fourth-order valence-electron chi connectivity index (χ4n) is 2.03. The predicted molar refractivity (Wildman–Crippen MR) is 80.3 cm³/mol. The Balaban J connectivity index is 1.75. The summed E-state index contributed by atoms with van der Waals surface area (Å²) in [4.78, 5) is 5.71. The fourth-order valence-corrected chi connectivity index (χ4v) is 2.91. The van der Waals surface area contributed by atoms with Crippen molar-refractivity contribution in [3.63, 3.8) is 0 Å². The Hall–Kier alpha value is -2.21. The van der Waals surface area contributed by atoms with Gasteiger partial charge in [-0.05, 0) is 32.0 Å². The molecule has 2 aromatic heterocycles. The van der Waals surface area contributed by atoms with E-state index in [-0.39, 0.29) is 0 Å². The van der Waals surface area contributed by atoms with Crippen LogP contribution in [0, 0.1) is 13.8 Å². The lowest BCUT2D eigenvalue weighted by Gasteiger charge is -2.08. The molecule has 0 spiro atoms. The van der Waals surface area contributed by atoms with Crippen LogP contribution in [-0.2, 0) is 6.54 Å². The van der Waals surface area contributed by atoms with Crippen LogP contribution >= 0.6 is 11.3 Å². The largest absolute Gasteiger partial charge is 0.380 e. The minimum Gasteiger partial charge on any atom is -0.380 e. The van der Waals surface area contributed by atoms with Crippen LogP contribution in [0.5, 0.6) is 0 Å². The summed E-state index contributed by atoms with van der Waals surface area (Å²) in [5, 5.41) is 12.2. The van der Waals surface area contributed by atoms with Gasteiger partial charge in [-0.3, -0.25) is 4.57 Å². The van der Waals surface area contributed by atoms with Crippen LogP contribution in [0.15, 0.2) is 36.9 Å². The monoisotopic (exact) mass is 285 g/mol. The number of anilines is 1. The van der Waals surface area contributed by atoms with Gasteiger partial charge in [0.1, 0.15) is 12.7 Å². The molecule has 0 unspecified atom stereocenters. The smallest absolute Gasteiger partial charge is 0.123 e. The zero-order valence-corrected chi connectivity index (χ0v) is 12.2. The van der Waals surface area contributed by atoms with Gasteiger partial charge in [0.25, 0.3) is 0 Å². The first-order valence-electron chi connectivity index (χ1n) is 6.34. The van der Waals surface area contributed by atoms with Crippen LogP contribution in [0.25, 0.3) is 5.69 Å². The average molecular weight is 285 g/mol. The molecular formula is C14H15N5S. The Morgan fingerprint density at radius 3 is 2.70 bits per heavy atom. The third-order valence-electron chi connectivity index (χ3n) is 3.02. The lowest BCUT2D eigenvalue weighted by molar-refractivity contribution is 1.05. The van der Waals surface area contributed by atoms with Crippen molar-refractivity contribution in [1.82, 2.24) is 19.7 Å². The van der Waals surface area contributed by atoms with E-state index >= 15 is 0 Å². The first-order valence-corrected chi connectivity index (χ1v) is 7.16. The molecule has 3 rings (SSSR count). The maximum Gasteiger partial charge on any atom is 0.123 e. The molecule has 1 aromatic carbocycles. The topological polar surface area (TPSA) is 55.6 Å². The lowest BCUT2D eigenvalue weighted by atomic mass is 10.2. The third kappa shape index (κ3) is 2.70. The zero-order valence-electron chi connectivity index (χ0n) is 11.4. The van der Waals surface area contributed by atoms with Gasteiger partial charge in [0, 0.05) is 10.6 Å². The van der Waals surface area contributed by atoms with E-state index in [9.17, 15) is 0 Å². The quantitative estimate of drug-likeness (QED) is 0.800. The van der Waals surface area contributed by atoms with E-state index in [1.165, 1.54) is 4.88 Å². The van der Waals surface area contributed by atoms with E-state index in [2.05, 4.69) is 32.6 Å². The predicted octanol–water partition coefficient (Wildman–Crippen LogP) is 2.95. The van der Waals surface area contributed by atoms with E-state index < -0.39 is 0 Å². The summed E-state index contributed by atoms with van der Waals surface area (Å²) in [6.07, 6.45) is 3.38. The van der Waals surface area contributed by atoms with Crippen molar-refractivity contribution in [2.45, 2.75) is 20.4 Å². The van der Waals surface area contributed by atoms with Crippen LogP contribution in [0.2, 0.25) is 0 Å². The second-order valence-corrected chi connectivity index (χ2v) is 5.80. The molecule has 6 heteroatoms. The Bertz CT molecular complexity index is 702. The molecule has 0 saturated carbocycles. The average Bonchev–Trinajstić information content (AvgIpc) is 3.07. The normalized spacial score (nSPS) is 10.7. The first kappa shape index (κ1) is 12.8. The highest BCUT2D eigenvalue weighted by Crippen LogP contribution is 2.20. The van der Waals surface area contributed by atoms with E-state index in [1.807, 2.05) is 30.5 Å². The summed E-state index contributed by atoms with van der Waals surface area (Å²) in [7, 11) is 0. The molecule has 5 nitrogen and oxygen atoms in total. The van der Waals surface area contributed by atoms with Crippen molar-refractivity contribution in [1.29, 1.82) is 0 Å². The van der Waals surface area contributed by atoms with Gasteiger partial charge in [-0.2, -0.15) is 0 Å². The van der Waals surface area contributed by atoms with E-state index in [0.717, 1.165) is 28.6 Å². The Kier molecular flexibility index (Phi) is 3.47. The SMILES string of the molecule is Cc1nc(C)c(CNc2cccc(-n3cnnc3)c2)s1. The van der Waals surface area contributed by atoms with Gasteiger partial charge in [0.05, 0.1) is 22.9 Å².